The summed E-state index contributed by atoms with van der Waals surface area (Å²) in [5, 5.41) is 0. The van der Waals surface area contributed by atoms with Crippen molar-refractivity contribution >= 4 is 11.6 Å². The number of amides is 1. The van der Waals surface area contributed by atoms with Crippen molar-refractivity contribution in [2.45, 2.75) is 25.8 Å². The van der Waals surface area contributed by atoms with Crippen LogP contribution in [0.3, 0.4) is 0 Å². The number of carbonyl (C=O) groups is 1. The number of anilines is 1. The molecule has 0 aliphatic carbocycles. The molecule has 2 aromatic carbocycles. The monoisotopic (exact) mass is 282 g/mol. The number of benzene rings is 2. The lowest BCUT2D eigenvalue weighted by molar-refractivity contribution is -0.119. The standard InChI is InChI=1S/C18H22N2O/c1-3-17(15-9-5-4-6-10-15)18(21)20(2)16-11-7-8-14(12-16)13-19/h4-12,17H,3,13,19H2,1-2H3. The molecule has 2 rings (SSSR count). The third-order valence-corrected chi connectivity index (χ3v) is 3.77. The van der Waals surface area contributed by atoms with Crippen LogP contribution in [0.25, 0.3) is 0 Å². The summed E-state index contributed by atoms with van der Waals surface area (Å²) in [6.07, 6.45) is 0.782. The Morgan fingerprint density at radius 3 is 2.48 bits per heavy atom. The largest absolute Gasteiger partial charge is 0.326 e. The molecule has 0 aliphatic rings. The summed E-state index contributed by atoms with van der Waals surface area (Å²) < 4.78 is 0. The smallest absolute Gasteiger partial charge is 0.234 e. The van der Waals surface area contributed by atoms with E-state index in [4.69, 9.17) is 5.73 Å². The second-order valence-electron chi connectivity index (χ2n) is 5.14. The molecule has 2 aromatic rings. The van der Waals surface area contributed by atoms with E-state index >= 15 is 0 Å². The molecule has 0 aliphatic heterocycles. The predicted molar refractivity (Wildman–Crippen MR) is 87.2 cm³/mol. The summed E-state index contributed by atoms with van der Waals surface area (Å²) in [5.74, 6) is -0.00407. The molecule has 2 N–H and O–H groups in total. The maximum Gasteiger partial charge on any atom is 0.234 e. The molecule has 0 bridgehead atoms. The summed E-state index contributed by atoms with van der Waals surface area (Å²) in [6.45, 7) is 2.52. The molecule has 110 valence electrons. The number of hydrogen-bond acceptors (Lipinski definition) is 2. The van der Waals surface area contributed by atoms with Gasteiger partial charge in [-0.15, -0.1) is 0 Å². The van der Waals surface area contributed by atoms with Crippen LogP contribution in [0.5, 0.6) is 0 Å². The van der Waals surface area contributed by atoms with E-state index in [2.05, 4.69) is 0 Å². The van der Waals surface area contributed by atoms with Crippen LogP contribution in [0.15, 0.2) is 54.6 Å². The van der Waals surface area contributed by atoms with Gasteiger partial charge in [-0.1, -0.05) is 49.4 Å². The van der Waals surface area contributed by atoms with Crippen molar-refractivity contribution in [3.63, 3.8) is 0 Å². The topological polar surface area (TPSA) is 46.3 Å². The van der Waals surface area contributed by atoms with Crippen molar-refractivity contribution in [3.8, 4) is 0 Å². The van der Waals surface area contributed by atoms with Crippen molar-refractivity contribution < 1.29 is 4.79 Å². The van der Waals surface area contributed by atoms with Gasteiger partial charge >= 0.3 is 0 Å². The van der Waals surface area contributed by atoms with Crippen LogP contribution in [0.4, 0.5) is 5.69 Å². The molecule has 0 aromatic heterocycles. The minimum atomic E-state index is -0.113. The maximum atomic E-state index is 12.8. The second kappa shape index (κ2) is 7.04. The van der Waals surface area contributed by atoms with E-state index in [1.54, 1.807) is 4.90 Å². The van der Waals surface area contributed by atoms with Gasteiger partial charge in [-0.05, 0) is 29.7 Å². The van der Waals surface area contributed by atoms with Gasteiger partial charge in [-0.3, -0.25) is 4.79 Å². The van der Waals surface area contributed by atoms with E-state index in [9.17, 15) is 4.79 Å². The first-order valence-corrected chi connectivity index (χ1v) is 7.29. The van der Waals surface area contributed by atoms with Gasteiger partial charge in [0.05, 0.1) is 5.92 Å². The third-order valence-electron chi connectivity index (χ3n) is 3.77. The van der Waals surface area contributed by atoms with Crippen LogP contribution in [-0.2, 0) is 11.3 Å². The van der Waals surface area contributed by atoms with Gasteiger partial charge in [0.1, 0.15) is 0 Å². The zero-order valence-electron chi connectivity index (χ0n) is 12.6. The quantitative estimate of drug-likeness (QED) is 0.914. The molecular weight excluding hydrogens is 260 g/mol. The number of hydrogen-bond donors (Lipinski definition) is 1. The Balaban J connectivity index is 2.24. The Bertz CT molecular complexity index is 595. The summed E-state index contributed by atoms with van der Waals surface area (Å²) in [5.41, 5.74) is 8.64. The summed E-state index contributed by atoms with van der Waals surface area (Å²) >= 11 is 0. The van der Waals surface area contributed by atoms with Crippen LogP contribution in [0, 0.1) is 0 Å². The highest BCUT2D eigenvalue weighted by molar-refractivity contribution is 5.97. The van der Waals surface area contributed by atoms with Crippen molar-refractivity contribution in [1.82, 2.24) is 0 Å². The number of carbonyl (C=O) groups excluding carboxylic acids is 1. The molecule has 1 unspecified atom stereocenters. The number of nitrogens with two attached hydrogens (primary N) is 1. The minimum Gasteiger partial charge on any atom is -0.326 e. The molecule has 1 amide bonds. The summed E-state index contributed by atoms with van der Waals surface area (Å²) in [6, 6.07) is 17.7. The molecule has 0 heterocycles. The zero-order valence-corrected chi connectivity index (χ0v) is 12.6. The highest BCUT2D eigenvalue weighted by Gasteiger charge is 2.22. The summed E-state index contributed by atoms with van der Waals surface area (Å²) in [7, 11) is 1.82. The van der Waals surface area contributed by atoms with Crippen molar-refractivity contribution in [2.24, 2.45) is 5.73 Å². The first kappa shape index (κ1) is 15.3. The number of nitrogens with zero attached hydrogens (tertiary/aromatic N) is 1. The van der Waals surface area contributed by atoms with E-state index in [1.165, 1.54) is 0 Å². The Morgan fingerprint density at radius 1 is 1.14 bits per heavy atom. The molecule has 0 spiro atoms. The van der Waals surface area contributed by atoms with E-state index in [-0.39, 0.29) is 11.8 Å². The first-order chi connectivity index (χ1) is 10.2. The Morgan fingerprint density at radius 2 is 1.86 bits per heavy atom. The number of likely N-dealkylation sites (N-methyl/N-ethyl adjacent to an activating group) is 1. The van der Waals surface area contributed by atoms with Crippen molar-refractivity contribution in [2.75, 3.05) is 11.9 Å². The van der Waals surface area contributed by atoms with Crippen LogP contribution in [0.1, 0.15) is 30.4 Å². The predicted octanol–water partition coefficient (Wildman–Crippen LogP) is 3.30. The van der Waals surface area contributed by atoms with E-state index < -0.39 is 0 Å². The van der Waals surface area contributed by atoms with Crippen LogP contribution < -0.4 is 10.6 Å². The molecule has 0 radical (unpaired) electrons. The molecular formula is C18H22N2O. The van der Waals surface area contributed by atoms with Gasteiger partial charge in [0, 0.05) is 19.3 Å². The lowest BCUT2D eigenvalue weighted by Crippen LogP contribution is -2.31. The fourth-order valence-electron chi connectivity index (χ4n) is 2.49. The Labute approximate surface area is 126 Å². The van der Waals surface area contributed by atoms with Gasteiger partial charge in [-0.25, -0.2) is 0 Å². The average molecular weight is 282 g/mol. The fraction of sp³-hybridized carbons (Fsp3) is 0.278. The average Bonchev–Trinajstić information content (AvgIpc) is 2.55. The Kier molecular flexibility index (Phi) is 5.12. The van der Waals surface area contributed by atoms with E-state index in [0.717, 1.165) is 23.2 Å². The zero-order chi connectivity index (χ0) is 15.2. The molecule has 3 nitrogen and oxygen atoms in total. The minimum absolute atomic E-state index is 0.109. The Hall–Kier alpha value is -2.13. The normalized spacial score (nSPS) is 12.0. The highest BCUT2D eigenvalue weighted by atomic mass is 16.2. The maximum absolute atomic E-state index is 12.8. The van der Waals surface area contributed by atoms with Crippen molar-refractivity contribution in [3.05, 3.63) is 65.7 Å². The first-order valence-electron chi connectivity index (χ1n) is 7.29. The van der Waals surface area contributed by atoms with E-state index in [0.29, 0.717) is 6.54 Å². The number of rotatable bonds is 5. The SMILES string of the molecule is CCC(C(=O)N(C)c1cccc(CN)c1)c1ccccc1. The molecule has 1 atom stereocenters. The molecule has 0 saturated heterocycles. The van der Waals surface area contributed by atoms with Crippen LogP contribution >= 0.6 is 0 Å². The fourth-order valence-corrected chi connectivity index (χ4v) is 2.49. The van der Waals surface area contributed by atoms with Gasteiger partial charge in [0.25, 0.3) is 0 Å². The van der Waals surface area contributed by atoms with Gasteiger partial charge < -0.3 is 10.6 Å². The van der Waals surface area contributed by atoms with Gasteiger partial charge in [0.15, 0.2) is 0 Å². The highest BCUT2D eigenvalue weighted by Crippen LogP contribution is 2.25. The van der Waals surface area contributed by atoms with E-state index in [1.807, 2.05) is 68.6 Å². The van der Waals surface area contributed by atoms with Crippen molar-refractivity contribution in [1.29, 1.82) is 0 Å². The van der Waals surface area contributed by atoms with Gasteiger partial charge in [-0.2, -0.15) is 0 Å². The molecule has 3 heteroatoms. The third kappa shape index (κ3) is 3.50. The molecule has 0 saturated carbocycles. The van der Waals surface area contributed by atoms with Crippen LogP contribution in [0.2, 0.25) is 0 Å². The lowest BCUT2D eigenvalue weighted by atomic mass is 9.95. The van der Waals surface area contributed by atoms with Crippen LogP contribution in [-0.4, -0.2) is 13.0 Å². The summed E-state index contributed by atoms with van der Waals surface area (Å²) in [4.78, 5) is 14.5. The molecule has 0 fully saturated rings. The second-order valence-corrected chi connectivity index (χ2v) is 5.14. The lowest BCUT2D eigenvalue weighted by Gasteiger charge is -2.24. The van der Waals surface area contributed by atoms with Gasteiger partial charge in [0.2, 0.25) is 5.91 Å². The molecule has 21 heavy (non-hydrogen) atoms.